The number of esters is 1. The molecule has 0 saturated carbocycles. The number of thiophene rings is 1. The number of aryl methyl sites for hydroxylation is 1. The van der Waals surface area contributed by atoms with Gasteiger partial charge >= 0.3 is 11.7 Å². The van der Waals surface area contributed by atoms with Crippen LogP contribution in [0.25, 0.3) is 0 Å². The average molecular weight is 423 g/mol. The Morgan fingerprint density at radius 1 is 1.24 bits per heavy atom. The lowest BCUT2D eigenvalue weighted by Gasteiger charge is -2.18. The fraction of sp³-hybridized carbons (Fsp3) is 0.500. The molecule has 0 aliphatic carbocycles. The molecule has 2 rings (SSSR count). The fourth-order valence-electron chi connectivity index (χ4n) is 2.76. The van der Waals surface area contributed by atoms with Crippen molar-refractivity contribution in [3.8, 4) is 0 Å². The van der Waals surface area contributed by atoms with Crippen molar-refractivity contribution in [1.82, 2.24) is 19.2 Å². The van der Waals surface area contributed by atoms with Crippen LogP contribution in [-0.2, 0) is 23.1 Å². The molecule has 29 heavy (non-hydrogen) atoms. The molecule has 0 unspecified atom stereocenters. The second-order valence-corrected chi connectivity index (χ2v) is 7.19. The van der Waals surface area contributed by atoms with E-state index in [9.17, 15) is 19.2 Å². The molecule has 2 aromatic heterocycles. The first-order valence-corrected chi connectivity index (χ1v) is 10.0. The lowest BCUT2D eigenvalue weighted by atomic mass is 10.1. The molecule has 2 aromatic rings. The summed E-state index contributed by atoms with van der Waals surface area (Å²) in [6, 6.07) is 0. The Morgan fingerprint density at radius 2 is 1.90 bits per heavy atom. The van der Waals surface area contributed by atoms with Gasteiger partial charge in [-0.1, -0.05) is 0 Å². The van der Waals surface area contributed by atoms with E-state index in [2.05, 4.69) is 10.4 Å². The van der Waals surface area contributed by atoms with Crippen LogP contribution < -0.4 is 11.0 Å². The monoisotopic (exact) mass is 423 g/mol. The Labute approximate surface area is 172 Å². The predicted molar refractivity (Wildman–Crippen MR) is 108 cm³/mol. The van der Waals surface area contributed by atoms with Crippen LogP contribution in [0.4, 0.5) is 5.00 Å². The Kier molecular flexibility index (Phi) is 7.32. The topological polar surface area (TPSA) is 116 Å². The summed E-state index contributed by atoms with van der Waals surface area (Å²) in [5.41, 5.74) is 0.170. The molecular weight excluding hydrogens is 398 g/mol. The Balaban J connectivity index is 2.38. The second-order valence-electron chi connectivity index (χ2n) is 6.17. The summed E-state index contributed by atoms with van der Waals surface area (Å²) in [5, 5.41) is 6.65. The molecule has 0 radical (unpaired) electrons. The molecule has 0 aromatic carbocycles. The number of aromatic nitrogens is 3. The van der Waals surface area contributed by atoms with E-state index in [1.807, 2.05) is 13.8 Å². The van der Waals surface area contributed by atoms with Crippen molar-refractivity contribution >= 4 is 34.1 Å². The van der Waals surface area contributed by atoms with Gasteiger partial charge < -0.3 is 15.0 Å². The number of hydrogen-bond donors (Lipinski definition) is 1. The standard InChI is InChI=1S/C18H25N5O5S/c1-6-22(7-2)16(25)14-11(4)13(17(26)28-8-3)15(29-14)20-12(24)9-23-10-19-21(5)18(23)27/h10H,6-9H2,1-5H3,(H,20,24). The molecule has 1 N–H and O–H groups in total. The number of ether oxygens (including phenoxy) is 1. The van der Waals surface area contributed by atoms with Crippen molar-refractivity contribution in [1.29, 1.82) is 0 Å². The van der Waals surface area contributed by atoms with Crippen LogP contribution in [0.2, 0.25) is 0 Å². The van der Waals surface area contributed by atoms with Gasteiger partial charge in [0.1, 0.15) is 17.9 Å². The van der Waals surface area contributed by atoms with Crippen LogP contribution >= 0.6 is 11.3 Å². The molecule has 0 bridgehead atoms. The van der Waals surface area contributed by atoms with Gasteiger partial charge in [0.2, 0.25) is 5.91 Å². The highest BCUT2D eigenvalue weighted by Crippen LogP contribution is 2.34. The summed E-state index contributed by atoms with van der Waals surface area (Å²) in [6.07, 6.45) is 1.25. The average Bonchev–Trinajstić information content (AvgIpc) is 3.16. The molecular formula is C18H25N5O5S. The zero-order valence-corrected chi connectivity index (χ0v) is 18.0. The number of amides is 2. The molecule has 10 nitrogen and oxygen atoms in total. The number of carbonyl (C=O) groups excluding carboxylic acids is 3. The van der Waals surface area contributed by atoms with Gasteiger partial charge in [0, 0.05) is 20.1 Å². The number of rotatable bonds is 8. The van der Waals surface area contributed by atoms with Crippen LogP contribution in [0.15, 0.2) is 11.1 Å². The highest BCUT2D eigenvalue weighted by Gasteiger charge is 2.28. The lowest BCUT2D eigenvalue weighted by Crippen LogP contribution is -2.30. The van der Waals surface area contributed by atoms with E-state index < -0.39 is 17.6 Å². The maximum atomic E-state index is 12.8. The van der Waals surface area contributed by atoms with Gasteiger partial charge in [-0.2, -0.15) is 5.10 Å². The van der Waals surface area contributed by atoms with E-state index in [0.29, 0.717) is 23.5 Å². The summed E-state index contributed by atoms with van der Waals surface area (Å²) < 4.78 is 7.35. The van der Waals surface area contributed by atoms with Gasteiger partial charge in [0.15, 0.2) is 0 Å². The SMILES string of the molecule is CCOC(=O)c1c(NC(=O)Cn2cnn(C)c2=O)sc(C(=O)N(CC)CC)c1C. The Hall–Kier alpha value is -2.95. The summed E-state index contributed by atoms with van der Waals surface area (Å²) in [4.78, 5) is 51.6. The summed E-state index contributed by atoms with van der Waals surface area (Å²) >= 11 is 1.02. The quantitative estimate of drug-likeness (QED) is 0.639. The molecule has 158 valence electrons. The van der Waals surface area contributed by atoms with Crippen molar-refractivity contribution in [3.05, 3.63) is 32.8 Å². The molecule has 0 saturated heterocycles. The lowest BCUT2D eigenvalue weighted by molar-refractivity contribution is -0.116. The smallest absolute Gasteiger partial charge is 0.345 e. The molecule has 0 aliphatic rings. The van der Waals surface area contributed by atoms with Crippen molar-refractivity contribution < 1.29 is 19.1 Å². The zero-order valence-electron chi connectivity index (χ0n) is 17.1. The van der Waals surface area contributed by atoms with E-state index >= 15 is 0 Å². The van der Waals surface area contributed by atoms with Crippen LogP contribution in [-0.4, -0.2) is 56.7 Å². The maximum Gasteiger partial charge on any atom is 0.345 e. The molecule has 11 heteroatoms. The first kappa shape index (κ1) is 22.3. The molecule has 0 atom stereocenters. The molecule has 0 aliphatic heterocycles. The predicted octanol–water partition coefficient (Wildman–Crippen LogP) is 1.25. The van der Waals surface area contributed by atoms with Gasteiger partial charge in [0.05, 0.1) is 17.0 Å². The third-order valence-corrected chi connectivity index (χ3v) is 5.52. The van der Waals surface area contributed by atoms with E-state index in [1.165, 1.54) is 13.4 Å². The van der Waals surface area contributed by atoms with Gasteiger partial charge in [-0.05, 0) is 33.3 Å². The second kappa shape index (κ2) is 9.50. The number of carbonyl (C=O) groups is 3. The van der Waals surface area contributed by atoms with Crippen molar-refractivity contribution in [2.45, 2.75) is 34.2 Å². The molecule has 2 heterocycles. The van der Waals surface area contributed by atoms with Crippen molar-refractivity contribution in [2.75, 3.05) is 25.0 Å². The minimum atomic E-state index is -0.617. The summed E-state index contributed by atoms with van der Waals surface area (Å²) in [5.74, 6) is -1.35. The van der Waals surface area contributed by atoms with Crippen LogP contribution in [0.3, 0.4) is 0 Å². The van der Waals surface area contributed by atoms with Gasteiger partial charge in [-0.15, -0.1) is 11.3 Å². The first-order valence-electron chi connectivity index (χ1n) is 9.23. The third-order valence-electron chi connectivity index (χ3n) is 4.32. The minimum absolute atomic E-state index is 0.152. The van der Waals surface area contributed by atoms with E-state index in [4.69, 9.17) is 4.74 Å². The highest BCUT2D eigenvalue weighted by molar-refractivity contribution is 7.18. The maximum absolute atomic E-state index is 12.8. The minimum Gasteiger partial charge on any atom is -0.462 e. The van der Waals surface area contributed by atoms with Gasteiger partial charge in [-0.25, -0.2) is 14.3 Å². The Morgan fingerprint density at radius 3 is 2.41 bits per heavy atom. The molecule has 2 amide bonds. The molecule has 0 spiro atoms. The van der Waals surface area contributed by atoms with E-state index in [1.54, 1.807) is 18.7 Å². The van der Waals surface area contributed by atoms with Gasteiger partial charge in [0.25, 0.3) is 5.91 Å². The van der Waals surface area contributed by atoms with Crippen LogP contribution in [0.1, 0.15) is 46.4 Å². The van der Waals surface area contributed by atoms with Crippen molar-refractivity contribution in [3.63, 3.8) is 0 Å². The number of anilines is 1. The number of nitrogens with zero attached hydrogens (tertiary/aromatic N) is 4. The summed E-state index contributed by atoms with van der Waals surface area (Å²) in [7, 11) is 1.48. The van der Waals surface area contributed by atoms with Crippen LogP contribution in [0.5, 0.6) is 0 Å². The zero-order chi connectivity index (χ0) is 21.7. The Bertz CT molecular complexity index is 970. The van der Waals surface area contributed by atoms with E-state index in [0.717, 1.165) is 20.6 Å². The number of hydrogen-bond acceptors (Lipinski definition) is 7. The van der Waals surface area contributed by atoms with Crippen LogP contribution in [0, 0.1) is 6.92 Å². The summed E-state index contributed by atoms with van der Waals surface area (Å²) in [6.45, 7) is 7.99. The first-order chi connectivity index (χ1) is 13.7. The highest BCUT2D eigenvalue weighted by atomic mass is 32.1. The van der Waals surface area contributed by atoms with E-state index in [-0.39, 0.29) is 29.6 Å². The number of nitrogens with one attached hydrogen (secondary N) is 1. The molecule has 0 fully saturated rings. The largest absolute Gasteiger partial charge is 0.462 e. The third kappa shape index (κ3) is 4.73. The fourth-order valence-corrected chi connectivity index (χ4v) is 3.94. The van der Waals surface area contributed by atoms with Crippen molar-refractivity contribution in [2.24, 2.45) is 7.05 Å². The van der Waals surface area contributed by atoms with Gasteiger partial charge in [-0.3, -0.25) is 14.2 Å². The normalized spacial score (nSPS) is 10.7.